The van der Waals surface area contributed by atoms with Gasteiger partial charge >= 0.3 is 0 Å². The van der Waals surface area contributed by atoms with Crippen molar-refractivity contribution in [3.05, 3.63) is 11.8 Å². The van der Waals surface area contributed by atoms with Crippen LogP contribution in [0.1, 0.15) is 37.5 Å². The standard InChI is InChI=1S/C8H12N2O/c1-5-3-7(4-5)8-10-9-6(2)11-8/h5,7H,3-4H2,1-2H3. The first-order valence-electron chi connectivity index (χ1n) is 4.05. The maximum atomic E-state index is 5.31. The molecule has 0 unspecified atom stereocenters. The van der Waals surface area contributed by atoms with Gasteiger partial charge in [-0.3, -0.25) is 0 Å². The van der Waals surface area contributed by atoms with Crippen molar-refractivity contribution in [1.82, 2.24) is 10.2 Å². The molecule has 0 radical (unpaired) electrons. The highest BCUT2D eigenvalue weighted by molar-refractivity contribution is 4.98. The predicted octanol–water partition coefficient (Wildman–Crippen LogP) is 1.89. The van der Waals surface area contributed by atoms with E-state index in [1.54, 1.807) is 0 Å². The van der Waals surface area contributed by atoms with Crippen molar-refractivity contribution < 1.29 is 4.42 Å². The van der Waals surface area contributed by atoms with Crippen molar-refractivity contribution >= 4 is 0 Å². The van der Waals surface area contributed by atoms with Gasteiger partial charge in [-0.1, -0.05) is 6.92 Å². The van der Waals surface area contributed by atoms with Crippen molar-refractivity contribution in [1.29, 1.82) is 0 Å². The quantitative estimate of drug-likeness (QED) is 0.616. The minimum absolute atomic E-state index is 0.547. The molecule has 0 aromatic carbocycles. The Kier molecular flexibility index (Phi) is 1.44. The molecule has 0 bridgehead atoms. The zero-order valence-electron chi connectivity index (χ0n) is 6.87. The Morgan fingerprint density at radius 3 is 2.55 bits per heavy atom. The Morgan fingerprint density at radius 1 is 1.36 bits per heavy atom. The third-order valence-corrected chi connectivity index (χ3v) is 2.26. The fourth-order valence-corrected chi connectivity index (χ4v) is 1.58. The molecular formula is C8H12N2O. The van der Waals surface area contributed by atoms with Gasteiger partial charge in [0.15, 0.2) is 0 Å². The van der Waals surface area contributed by atoms with E-state index in [2.05, 4.69) is 17.1 Å². The number of hydrogen-bond donors (Lipinski definition) is 0. The van der Waals surface area contributed by atoms with E-state index in [0.717, 1.165) is 11.8 Å². The van der Waals surface area contributed by atoms with E-state index in [0.29, 0.717) is 11.8 Å². The van der Waals surface area contributed by atoms with Crippen LogP contribution in [0.15, 0.2) is 4.42 Å². The molecule has 1 aromatic heterocycles. The first-order chi connectivity index (χ1) is 5.25. The van der Waals surface area contributed by atoms with E-state index < -0.39 is 0 Å². The van der Waals surface area contributed by atoms with E-state index in [4.69, 9.17) is 4.42 Å². The molecule has 0 atom stereocenters. The van der Waals surface area contributed by atoms with Crippen LogP contribution in [0, 0.1) is 12.8 Å². The van der Waals surface area contributed by atoms with E-state index >= 15 is 0 Å². The molecular weight excluding hydrogens is 140 g/mol. The third kappa shape index (κ3) is 1.15. The minimum Gasteiger partial charge on any atom is -0.425 e. The van der Waals surface area contributed by atoms with E-state index in [1.165, 1.54) is 12.8 Å². The van der Waals surface area contributed by atoms with Gasteiger partial charge in [0.25, 0.3) is 0 Å². The summed E-state index contributed by atoms with van der Waals surface area (Å²) in [6, 6.07) is 0. The van der Waals surface area contributed by atoms with Gasteiger partial charge in [-0.25, -0.2) is 0 Å². The summed E-state index contributed by atoms with van der Waals surface area (Å²) < 4.78 is 5.31. The molecule has 0 amide bonds. The number of hydrogen-bond acceptors (Lipinski definition) is 3. The normalized spacial score (nSPS) is 30.0. The van der Waals surface area contributed by atoms with Crippen molar-refractivity contribution in [2.45, 2.75) is 32.6 Å². The molecule has 3 nitrogen and oxygen atoms in total. The van der Waals surface area contributed by atoms with E-state index in [1.807, 2.05) is 6.92 Å². The fraction of sp³-hybridized carbons (Fsp3) is 0.750. The molecule has 1 aliphatic rings. The molecule has 0 spiro atoms. The maximum absolute atomic E-state index is 5.31. The van der Waals surface area contributed by atoms with Crippen LogP contribution in [0.4, 0.5) is 0 Å². The summed E-state index contributed by atoms with van der Waals surface area (Å²) in [6.45, 7) is 4.08. The lowest BCUT2D eigenvalue weighted by Crippen LogP contribution is -2.19. The molecule has 1 aliphatic carbocycles. The number of aromatic nitrogens is 2. The second-order valence-electron chi connectivity index (χ2n) is 3.43. The van der Waals surface area contributed by atoms with Gasteiger partial charge in [0.1, 0.15) is 0 Å². The summed E-state index contributed by atoms with van der Waals surface area (Å²) in [7, 11) is 0. The average Bonchev–Trinajstić information content (AvgIpc) is 2.29. The van der Waals surface area contributed by atoms with Crippen molar-refractivity contribution in [3.8, 4) is 0 Å². The average molecular weight is 152 g/mol. The molecule has 2 rings (SSSR count). The smallest absolute Gasteiger partial charge is 0.219 e. The zero-order valence-corrected chi connectivity index (χ0v) is 6.87. The van der Waals surface area contributed by atoms with Gasteiger partial charge in [-0.05, 0) is 18.8 Å². The highest BCUT2D eigenvalue weighted by Gasteiger charge is 2.30. The molecule has 3 heteroatoms. The summed E-state index contributed by atoms with van der Waals surface area (Å²) in [6.07, 6.45) is 2.42. The lowest BCUT2D eigenvalue weighted by atomic mass is 9.76. The second kappa shape index (κ2) is 2.32. The number of nitrogens with zero attached hydrogens (tertiary/aromatic N) is 2. The van der Waals surface area contributed by atoms with Crippen LogP contribution in [-0.4, -0.2) is 10.2 Å². The lowest BCUT2D eigenvalue weighted by Gasteiger charge is -2.29. The number of rotatable bonds is 1. The summed E-state index contributed by atoms with van der Waals surface area (Å²) in [4.78, 5) is 0. The molecule has 0 saturated heterocycles. The van der Waals surface area contributed by atoms with Gasteiger partial charge in [-0.15, -0.1) is 10.2 Å². The van der Waals surface area contributed by atoms with Crippen molar-refractivity contribution in [2.24, 2.45) is 5.92 Å². The van der Waals surface area contributed by atoms with Crippen LogP contribution in [0.2, 0.25) is 0 Å². The maximum Gasteiger partial charge on any atom is 0.219 e. The van der Waals surface area contributed by atoms with Gasteiger partial charge in [0.05, 0.1) is 0 Å². The Hall–Kier alpha value is -0.860. The van der Waals surface area contributed by atoms with E-state index in [9.17, 15) is 0 Å². The monoisotopic (exact) mass is 152 g/mol. The van der Waals surface area contributed by atoms with Gasteiger partial charge in [0.2, 0.25) is 11.8 Å². The molecule has 1 fully saturated rings. The molecule has 0 aliphatic heterocycles. The van der Waals surface area contributed by atoms with Crippen molar-refractivity contribution in [2.75, 3.05) is 0 Å². The SMILES string of the molecule is Cc1nnc(C2CC(C)C2)o1. The van der Waals surface area contributed by atoms with Gasteiger partial charge in [0, 0.05) is 12.8 Å². The molecule has 60 valence electrons. The highest BCUT2D eigenvalue weighted by atomic mass is 16.4. The van der Waals surface area contributed by atoms with Crippen LogP contribution in [0.3, 0.4) is 0 Å². The summed E-state index contributed by atoms with van der Waals surface area (Å²) in [5.74, 6) is 2.90. The summed E-state index contributed by atoms with van der Waals surface area (Å²) >= 11 is 0. The molecule has 1 saturated carbocycles. The van der Waals surface area contributed by atoms with Crippen LogP contribution in [0.25, 0.3) is 0 Å². The third-order valence-electron chi connectivity index (χ3n) is 2.26. The second-order valence-corrected chi connectivity index (χ2v) is 3.43. The Morgan fingerprint density at radius 2 is 2.09 bits per heavy atom. The van der Waals surface area contributed by atoms with Crippen molar-refractivity contribution in [3.63, 3.8) is 0 Å². The molecule has 1 aromatic rings. The number of aryl methyl sites for hydroxylation is 1. The topological polar surface area (TPSA) is 38.9 Å². The fourth-order valence-electron chi connectivity index (χ4n) is 1.58. The van der Waals surface area contributed by atoms with Gasteiger partial charge < -0.3 is 4.42 Å². The molecule has 11 heavy (non-hydrogen) atoms. The summed E-state index contributed by atoms with van der Waals surface area (Å²) in [5, 5.41) is 7.78. The van der Waals surface area contributed by atoms with Crippen LogP contribution < -0.4 is 0 Å². The Labute approximate surface area is 65.8 Å². The largest absolute Gasteiger partial charge is 0.425 e. The summed E-state index contributed by atoms with van der Waals surface area (Å²) in [5.41, 5.74) is 0. The first-order valence-corrected chi connectivity index (χ1v) is 4.05. The first kappa shape index (κ1) is 6.83. The Bertz CT molecular complexity index is 250. The van der Waals surface area contributed by atoms with Crippen LogP contribution in [-0.2, 0) is 0 Å². The zero-order chi connectivity index (χ0) is 7.84. The molecule has 0 N–H and O–H groups in total. The minimum atomic E-state index is 0.547. The van der Waals surface area contributed by atoms with E-state index in [-0.39, 0.29) is 0 Å². The Balaban J connectivity index is 2.07. The van der Waals surface area contributed by atoms with Crippen LogP contribution in [0.5, 0.6) is 0 Å². The molecule has 1 heterocycles. The van der Waals surface area contributed by atoms with Gasteiger partial charge in [-0.2, -0.15) is 0 Å². The highest BCUT2D eigenvalue weighted by Crippen LogP contribution is 2.40. The van der Waals surface area contributed by atoms with Crippen LogP contribution >= 0.6 is 0 Å². The lowest BCUT2D eigenvalue weighted by molar-refractivity contribution is 0.243. The predicted molar refractivity (Wildman–Crippen MR) is 40.2 cm³/mol.